The summed E-state index contributed by atoms with van der Waals surface area (Å²) in [5.74, 6) is 1.97. The summed E-state index contributed by atoms with van der Waals surface area (Å²) in [5, 5.41) is 3.54. The fraction of sp³-hybridized carbons (Fsp3) is 0.938. The van der Waals surface area contributed by atoms with Crippen molar-refractivity contribution in [3.8, 4) is 0 Å². The summed E-state index contributed by atoms with van der Waals surface area (Å²) in [6, 6.07) is 0.814. The zero-order valence-electron chi connectivity index (χ0n) is 13.6. The van der Waals surface area contributed by atoms with Crippen molar-refractivity contribution in [2.24, 2.45) is 10.9 Å². The molecule has 1 aliphatic carbocycles. The van der Waals surface area contributed by atoms with Crippen LogP contribution in [0.15, 0.2) is 4.99 Å². The van der Waals surface area contributed by atoms with Gasteiger partial charge in [-0.1, -0.05) is 19.8 Å². The first-order valence-electron chi connectivity index (χ1n) is 8.36. The van der Waals surface area contributed by atoms with E-state index in [1.165, 1.54) is 38.5 Å². The largest absolute Gasteiger partial charge is 0.355 e. The lowest BCUT2D eigenvalue weighted by molar-refractivity contribution is 0.244. The van der Waals surface area contributed by atoms with Crippen LogP contribution in [-0.4, -0.2) is 62.1 Å². The van der Waals surface area contributed by atoms with Crippen LogP contribution in [0.4, 0.5) is 0 Å². The fourth-order valence-corrected chi connectivity index (χ4v) is 3.42. The van der Waals surface area contributed by atoms with Gasteiger partial charge in [-0.05, 0) is 38.6 Å². The fourth-order valence-electron chi connectivity index (χ4n) is 3.42. The van der Waals surface area contributed by atoms with Crippen molar-refractivity contribution in [3.05, 3.63) is 0 Å². The second kappa shape index (κ2) is 7.87. The van der Waals surface area contributed by atoms with E-state index in [9.17, 15) is 0 Å². The smallest absolute Gasteiger partial charge is 0.193 e. The van der Waals surface area contributed by atoms with Crippen molar-refractivity contribution >= 4 is 5.96 Å². The number of aliphatic imine (C=N–C) groups is 1. The molecule has 20 heavy (non-hydrogen) atoms. The highest BCUT2D eigenvalue weighted by atomic mass is 15.3. The summed E-state index contributed by atoms with van der Waals surface area (Å²) in [6.45, 7) is 6.78. The lowest BCUT2D eigenvalue weighted by Gasteiger charge is -2.33. The molecule has 0 aromatic carbocycles. The Kier molecular flexibility index (Phi) is 6.14. The number of likely N-dealkylation sites (tertiary alicyclic amines) is 1. The topological polar surface area (TPSA) is 30.9 Å². The molecule has 2 fully saturated rings. The first-order chi connectivity index (χ1) is 9.70. The van der Waals surface area contributed by atoms with Gasteiger partial charge in [0.15, 0.2) is 5.96 Å². The Hall–Kier alpha value is -0.770. The molecule has 2 aliphatic rings. The van der Waals surface area contributed by atoms with Gasteiger partial charge in [0.25, 0.3) is 0 Å². The zero-order valence-corrected chi connectivity index (χ0v) is 13.6. The number of guanidine groups is 1. The molecule has 0 aromatic heterocycles. The number of hydrogen-bond donors (Lipinski definition) is 1. The molecule has 2 rings (SSSR count). The number of nitrogens with zero attached hydrogens (tertiary/aromatic N) is 3. The van der Waals surface area contributed by atoms with Crippen molar-refractivity contribution in [1.29, 1.82) is 0 Å². The van der Waals surface area contributed by atoms with Crippen molar-refractivity contribution in [2.75, 3.05) is 40.3 Å². The van der Waals surface area contributed by atoms with Crippen LogP contribution in [0.5, 0.6) is 0 Å². The van der Waals surface area contributed by atoms with Gasteiger partial charge in [0.2, 0.25) is 0 Å². The molecule has 0 amide bonds. The zero-order chi connectivity index (χ0) is 14.4. The Balaban J connectivity index is 1.68. The molecule has 0 unspecified atom stereocenters. The van der Waals surface area contributed by atoms with Gasteiger partial charge in [-0.15, -0.1) is 0 Å². The Morgan fingerprint density at radius 2 is 1.85 bits per heavy atom. The Bertz CT molecular complexity index is 302. The average Bonchev–Trinajstić information content (AvgIpc) is 2.99. The van der Waals surface area contributed by atoms with E-state index in [-0.39, 0.29) is 0 Å². The molecule has 0 spiro atoms. The molecule has 1 saturated carbocycles. The molecule has 1 aliphatic heterocycles. The molecule has 1 N–H and O–H groups in total. The van der Waals surface area contributed by atoms with E-state index in [0.29, 0.717) is 0 Å². The highest BCUT2D eigenvalue weighted by Crippen LogP contribution is 2.21. The highest BCUT2D eigenvalue weighted by Gasteiger charge is 2.20. The van der Waals surface area contributed by atoms with Gasteiger partial charge in [-0.2, -0.15) is 0 Å². The van der Waals surface area contributed by atoms with E-state index in [4.69, 9.17) is 0 Å². The molecule has 0 atom stereocenters. The van der Waals surface area contributed by atoms with Gasteiger partial charge < -0.3 is 15.1 Å². The Labute approximate surface area is 124 Å². The van der Waals surface area contributed by atoms with E-state index in [1.54, 1.807) is 0 Å². The quantitative estimate of drug-likeness (QED) is 0.632. The number of piperidine rings is 1. The van der Waals surface area contributed by atoms with Crippen LogP contribution in [0.25, 0.3) is 0 Å². The molecule has 1 heterocycles. The van der Waals surface area contributed by atoms with Gasteiger partial charge in [-0.3, -0.25) is 4.99 Å². The monoisotopic (exact) mass is 280 g/mol. The lowest BCUT2D eigenvalue weighted by Crippen LogP contribution is -2.47. The van der Waals surface area contributed by atoms with Gasteiger partial charge in [-0.25, -0.2) is 0 Å². The first-order valence-corrected chi connectivity index (χ1v) is 8.36. The van der Waals surface area contributed by atoms with Crippen LogP contribution in [0.2, 0.25) is 0 Å². The van der Waals surface area contributed by atoms with Crippen molar-refractivity contribution in [3.63, 3.8) is 0 Å². The van der Waals surface area contributed by atoms with Crippen LogP contribution in [0.1, 0.15) is 45.4 Å². The summed E-state index contributed by atoms with van der Waals surface area (Å²) in [7, 11) is 4.17. The predicted molar refractivity (Wildman–Crippen MR) is 86.2 cm³/mol. The molecule has 116 valence electrons. The van der Waals surface area contributed by atoms with Crippen LogP contribution in [0.3, 0.4) is 0 Å². The third-order valence-corrected chi connectivity index (χ3v) is 4.99. The predicted octanol–water partition coefficient (Wildman–Crippen LogP) is 2.17. The first kappa shape index (κ1) is 15.6. The molecular weight excluding hydrogens is 248 g/mol. The van der Waals surface area contributed by atoms with E-state index < -0.39 is 0 Å². The Morgan fingerprint density at radius 3 is 2.45 bits per heavy atom. The van der Waals surface area contributed by atoms with Gasteiger partial charge in [0.05, 0.1) is 0 Å². The minimum Gasteiger partial charge on any atom is -0.355 e. The summed E-state index contributed by atoms with van der Waals surface area (Å²) >= 11 is 0. The standard InChI is InChI=1S/C16H32N4/c1-14-8-11-20(12-9-14)16(17-2)18-10-13-19(3)15-6-4-5-7-15/h14-15H,4-13H2,1-3H3,(H,17,18). The maximum absolute atomic E-state index is 4.44. The molecule has 0 radical (unpaired) electrons. The van der Waals surface area contributed by atoms with Crippen LogP contribution >= 0.6 is 0 Å². The van der Waals surface area contributed by atoms with Crippen LogP contribution in [-0.2, 0) is 0 Å². The third kappa shape index (κ3) is 4.37. The van der Waals surface area contributed by atoms with Gasteiger partial charge in [0, 0.05) is 39.3 Å². The maximum atomic E-state index is 4.44. The van der Waals surface area contributed by atoms with E-state index in [2.05, 4.69) is 34.1 Å². The minimum atomic E-state index is 0.814. The molecule has 0 bridgehead atoms. The van der Waals surface area contributed by atoms with Gasteiger partial charge in [0.1, 0.15) is 0 Å². The summed E-state index contributed by atoms with van der Waals surface area (Å²) in [6.07, 6.45) is 8.18. The van der Waals surface area contributed by atoms with Crippen LogP contribution in [0, 0.1) is 5.92 Å². The van der Waals surface area contributed by atoms with E-state index >= 15 is 0 Å². The molecule has 4 heteroatoms. The van der Waals surface area contributed by atoms with E-state index in [0.717, 1.165) is 44.1 Å². The van der Waals surface area contributed by atoms with Crippen molar-refractivity contribution < 1.29 is 0 Å². The number of likely N-dealkylation sites (N-methyl/N-ethyl adjacent to an activating group) is 1. The number of rotatable bonds is 4. The van der Waals surface area contributed by atoms with Gasteiger partial charge >= 0.3 is 0 Å². The Morgan fingerprint density at radius 1 is 1.20 bits per heavy atom. The number of nitrogens with one attached hydrogen (secondary N) is 1. The lowest BCUT2D eigenvalue weighted by atomic mass is 10.00. The van der Waals surface area contributed by atoms with Crippen LogP contribution < -0.4 is 5.32 Å². The SMILES string of the molecule is CN=C(NCCN(C)C1CCCC1)N1CCC(C)CC1. The van der Waals surface area contributed by atoms with Crippen molar-refractivity contribution in [2.45, 2.75) is 51.5 Å². The summed E-state index contributed by atoms with van der Waals surface area (Å²) in [5.41, 5.74) is 0. The van der Waals surface area contributed by atoms with E-state index in [1.807, 2.05) is 7.05 Å². The average molecular weight is 280 g/mol. The van der Waals surface area contributed by atoms with Crippen molar-refractivity contribution in [1.82, 2.24) is 15.1 Å². The minimum absolute atomic E-state index is 0.814. The molecule has 0 aromatic rings. The number of hydrogen-bond acceptors (Lipinski definition) is 2. The third-order valence-electron chi connectivity index (χ3n) is 4.99. The summed E-state index contributed by atoms with van der Waals surface area (Å²) in [4.78, 5) is 9.38. The maximum Gasteiger partial charge on any atom is 0.193 e. The molecule has 1 saturated heterocycles. The summed E-state index contributed by atoms with van der Waals surface area (Å²) < 4.78 is 0. The molecular formula is C16H32N4. The molecule has 4 nitrogen and oxygen atoms in total. The second-order valence-corrected chi connectivity index (χ2v) is 6.56. The highest BCUT2D eigenvalue weighted by molar-refractivity contribution is 5.79. The second-order valence-electron chi connectivity index (χ2n) is 6.56. The normalized spacial score (nSPS) is 22.8.